The van der Waals surface area contributed by atoms with E-state index in [0.717, 1.165) is 83.7 Å². The number of anilines is 4. The van der Waals surface area contributed by atoms with Crippen molar-refractivity contribution < 1.29 is 25.8 Å². The molecule has 5 nitrogen and oxygen atoms in total. The minimum Gasteiger partial charge on any atom is 0 e. The van der Waals surface area contributed by atoms with Gasteiger partial charge in [0.1, 0.15) is 0 Å². The Morgan fingerprint density at radius 2 is 1.29 bits per heavy atom. The summed E-state index contributed by atoms with van der Waals surface area (Å²) >= 11 is -0.331. The summed E-state index contributed by atoms with van der Waals surface area (Å²) in [4.78, 5) is 9.77. The molecule has 306 valence electrons. The fraction of sp³-hybridized carbons (Fsp3) is 0.0909. The van der Waals surface area contributed by atoms with E-state index in [4.69, 9.17) is 9.72 Å². The van der Waals surface area contributed by atoms with Gasteiger partial charge in [-0.1, -0.05) is 112 Å². The fourth-order valence-electron chi connectivity index (χ4n) is 8.64. The van der Waals surface area contributed by atoms with Crippen LogP contribution in [-0.2, 0) is 26.5 Å². The number of nitrogens with zero attached hydrogens (tertiary/aromatic N) is 4. The molecule has 10 aromatic rings. The Labute approximate surface area is 386 Å². The second-order valence-corrected chi connectivity index (χ2v) is 19.2. The number of para-hydroxylation sites is 4. The van der Waals surface area contributed by atoms with Crippen LogP contribution in [0, 0.1) is 25.7 Å². The summed E-state index contributed by atoms with van der Waals surface area (Å²) in [5.74, 6) is 2.14. The van der Waals surface area contributed by atoms with E-state index in [0.29, 0.717) is 11.5 Å². The zero-order valence-corrected chi connectivity index (χ0v) is 39.3. The average Bonchev–Trinajstić information content (AvgIpc) is 4.01. The first-order valence-electron chi connectivity index (χ1n) is 20.6. The zero-order valence-electron chi connectivity index (χ0n) is 34.7. The van der Waals surface area contributed by atoms with Crippen molar-refractivity contribution in [3.63, 3.8) is 0 Å². The second-order valence-electron chi connectivity index (χ2n) is 16.6. The Bertz CT molecular complexity index is 3220. The van der Waals surface area contributed by atoms with Gasteiger partial charge in [-0.3, -0.25) is 0 Å². The van der Waals surface area contributed by atoms with Gasteiger partial charge in [-0.05, 0) is 28.7 Å². The Morgan fingerprint density at radius 1 is 0.629 bits per heavy atom. The van der Waals surface area contributed by atoms with Crippen LogP contribution < -0.4 is 14.5 Å². The van der Waals surface area contributed by atoms with Gasteiger partial charge < -0.3 is 9.80 Å². The van der Waals surface area contributed by atoms with Crippen LogP contribution in [0.25, 0.3) is 58.8 Å². The van der Waals surface area contributed by atoms with Crippen molar-refractivity contribution in [3.8, 4) is 39.6 Å². The molecule has 0 saturated carbocycles. The SMILES string of the molecule is Cc1cc(-n2c3[c-]c(Oc4[c-]c(N5[CH-]N(c6c(-c7ccccc7)cccc6-c6ccccc6)c6ccccc65)cc(C(C)(C)C)c4)ccc3c3ccccc32)nc2cc[te]c12.[Pt]. The minimum absolute atomic E-state index is 0. The standard InChI is InChI=1S/C55H41N4OTe.Pt/c1-36-30-52(56-47-28-29-61-54(36)47)59-48-23-12-11-20-45(48)46-27-26-41(34-51(46)59)60-42-32-39(55(2,3)4)31-40(33-42)57-35-58(50-25-14-13-24-49(50)57)53-43(37-16-7-5-8-17-37)21-15-22-44(53)38-18-9-6-10-19-38;/h5-32,35H,1-4H3;/q-3;. The third-order valence-electron chi connectivity index (χ3n) is 11.6. The molecule has 0 radical (unpaired) electrons. The van der Waals surface area contributed by atoms with Gasteiger partial charge in [-0.25, -0.2) is 0 Å². The molecule has 0 N–H and O–H groups in total. The maximum Gasteiger partial charge on any atom is 0 e. The summed E-state index contributed by atoms with van der Waals surface area (Å²) < 4.78 is 12.8. The Hall–Kier alpha value is -5.89. The quantitative estimate of drug-likeness (QED) is 0.118. The molecular weight excluding hydrogens is 1060 g/mol. The molecule has 0 aliphatic carbocycles. The van der Waals surface area contributed by atoms with Crippen LogP contribution in [0.3, 0.4) is 0 Å². The van der Waals surface area contributed by atoms with E-state index in [9.17, 15) is 0 Å². The summed E-state index contributed by atoms with van der Waals surface area (Å²) in [5, 5.41) is 2.26. The van der Waals surface area contributed by atoms with Gasteiger partial charge in [-0.2, -0.15) is 0 Å². The molecule has 7 aromatic carbocycles. The van der Waals surface area contributed by atoms with Crippen LogP contribution in [0.5, 0.6) is 11.5 Å². The minimum atomic E-state index is -0.331. The van der Waals surface area contributed by atoms with Gasteiger partial charge >= 0.3 is 177 Å². The van der Waals surface area contributed by atoms with Gasteiger partial charge in [0, 0.05) is 49.3 Å². The average molecular weight is 1100 g/mol. The van der Waals surface area contributed by atoms with E-state index in [1.165, 1.54) is 8.97 Å². The topological polar surface area (TPSA) is 33.5 Å². The molecule has 3 aromatic heterocycles. The number of hydrogen-bond donors (Lipinski definition) is 0. The van der Waals surface area contributed by atoms with E-state index < -0.39 is 0 Å². The molecule has 0 unspecified atom stereocenters. The van der Waals surface area contributed by atoms with E-state index >= 15 is 0 Å². The van der Waals surface area contributed by atoms with Crippen molar-refractivity contribution in [1.82, 2.24) is 9.55 Å². The zero-order chi connectivity index (χ0) is 41.2. The van der Waals surface area contributed by atoms with Crippen molar-refractivity contribution in [3.05, 3.63) is 198 Å². The number of rotatable bonds is 7. The molecule has 0 spiro atoms. The van der Waals surface area contributed by atoms with E-state index in [1.807, 2.05) is 6.07 Å². The molecular formula is C55H41N4OPtTe-3. The summed E-state index contributed by atoms with van der Waals surface area (Å²) in [5.41, 5.74) is 14.1. The van der Waals surface area contributed by atoms with Crippen LogP contribution >= 0.6 is 0 Å². The molecule has 7 heteroatoms. The number of hydrogen-bond acceptors (Lipinski definition) is 4. The predicted octanol–water partition coefficient (Wildman–Crippen LogP) is 14.1. The van der Waals surface area contributed by atoms with Gasteiger partial charge in [0.15, 0.2) is 0 Å². The van der Waals surface area contributed by atoms with Crippen molar-refractivity contribution in [2.45, 2.75) is 33.1 Å². The molecule has 0 bridgehead atoms. The third kappa shape index (κ3) is 7.05. The Morgan fingerprint density at radius 3 is 2.00 bits per heavy atom. The van der Waals surface area contributed by atoms with Crippen LogP contribution in [0.2, 0.25) is 0 Å². The molecule has 0 atom stereocenters. The maximum absolute atomic E-state index is 6.86. The number of aryl methyl sites for hydroxylation is 1. The van der Waals surface area contributed by atoms with E-state index in [1.54, 1.807) is 0 Å². The number of pyridine rings is 1. The number of aromatic nitrogens is 2. The van der Waals surface area contributed by atoms with Crippen molar-refractivity contribution >= 4 is 73.9 Å². The van der Waals surface area contributed by atoms with Crippen LogP contribution in [0.4, 0.5) is 22.7 Å². The van der Waals surface area contributed by atoms with E-state index in [2.05, 4.69) is 223 Å². The molecule has 1 aliphatic rings. The molecule has 4 heterocycles. The van der Waals surface area contributed by atoms with Crippen molar-refractivity contribution in [2.24, 2.45) is 0 Å². The molecule has 1 aliphatic heterocycles. The van der Waals surface area contributed by atoms with Crippen LogP contribution in [0.15, 0.2) is 168 Å². The monoisotopic (exact) mass is 1100 g/mol. The molecule has 0 fully saturated rings. The maximum atomic E-state index is 6.86. The summed E-state index contributed by atoms with van der Waals surface area (Å²) in [7, 11) is 0. The van der Waals surface area contributed by atoms with Crippen molar-refractivity contribution in [2.75, 3.05) is 9.80 Å². The van der Waals surface area contributed by atoms with Crippen LogP contribution in [0.1, 0.15) is 31.9 Å². The first kappa shape index (κ1) is 40.2. The smallest absolute Gasteiger partial charge is 0 e. The summed E-state index contributed by atoms with van der Waals surface area (Å²) in [6, 6.07) is 65.4. The Balaban J connectivity index is 0.00000458. The normalized spacial score (nSPS) is 12.6. The number of benzene rings is 7. The third-order valence-corrected chi connectivity index (χ3v) is 14.6. The predicted molar refractivity (Wildman–Crippen MR) is 253 cm³/mol. The molecule has 11 rings (SSSR count). The van der Waals surface area contributed by atoms with Gasteiger partial charge in [0.05, 0.1) is 0 Å². The Kier molecular flexibility index (Phi) is 10.4. The molecule has 0 saturated heterocycles. The first-order chi connectivity index (χ1) is 29.8. The molecule has 0 amide bonds. The number of ether oxygens (including phenoxy) is 1. The van der Waals surface area contributed by atoms with Gasteiger partial charge in [0.2, 0.25) is 0 Å². The van der Waals surface area contributed by atoms with Crippen molar-refractivity contribution in [1.29, 1.82) is 0 Å². The van der Waals surface area contributed by atoms with Crippen LogP contribution in [-0.4, -0.2) is 30.0 Å². The van der Waals surface area contributed by atoms with E-state index in [-0.39, 0.29) is 46.9 Å². The molecule has 62 heavy (non-hydrogen) atoms. The van der Waals surface area contributed by atoms with Gasteiger partial charge in [-0.15, -0.1) is 12.7 Å². The largest absolute Gasteiger partial charge is 0 e. The first-order valence-corrected chi connectivity index (χ1v) is 23.1. The second kappa shape index (κ2) is 16.1. The summed E-state index contributed by atoms with van der Waals surface area (Å²) in [6.45, 7) is 11.1. The number of fused-ring (bicyclic) bond motifs is 5. The van der Waals surface area contributed by atoms with Gasteiger partial charge in [0.25, 0.3) is 0 Å². The summed E-state index contributed by atoms with van der Waals surface area (Å²) in [6.07, 6.45) is 0. The fourth-order valence-corrected chi connectivity index (χ4v) is 11.0.